The van der Waals surface area contributed by atoms with E-state index in [-0.39, 0.29) is 11.3 Å². The van der Waals surface area contributed by atoms with Crippen LogP contribution in [-0.4, -0.2) is 11.5 Å². The van der Waals surface area contributed by atoms with Gasteiger partial charge in [0, 0.05) is 0 Å². The highest BCUT2D eigenvalue weighted by Gasteiger charge is 1.99. The Balaban J connectivity index is 3.08. The maximum absolute atomic E-state index is 10.1. The van der Waals surface area contributed by atoms with Gasteiger partial charge in [-0.2, -0.15) is 0 Å². The van der Waals surface area contributed by atoms with Gasteiger partial charge in [0.2, 0.25) is 6.29 Å². The van der Waals surface area contributed by atoms with Gasteiger partial charge in [0.15, 0.2) is 5.75 Å². The Morgan fingerprint density at radius 3 is 2.60 bits per heavy atom. The molecule has 3 heteroatoms. The fourth-order valence-electron chi connectivity index (χ4n) is 0.631. The summed E-state index contributed by atoms with van der Waals surface area (Å²) >= 11 is 0. The third-order valence-electron chi connectivity index (χ3n) is 1.10. The Morgan fingerprint density at radius 1 is 1.40 bits per heavy atom. The Morgan fingerprint density at radius 2 is 2.10 bits per heavy atom. The molecule has 0 saturated heterocycles. The smallest absolute Gasteiger partial charge is 0.237 e. The van der Waals surface area contributed by atoms with E-state index in [1.807, 2.05) is 0 Å². The quantitative estimate of drug-likeness (QED) is 0.488. The van der Waals surface area contributed by atoms with Gasteiger partial charge in [-0.15, -0.1) is 0 Å². The molecule has 0 unspecified atom stereocenters. The molecular weight excluding hydrogens is 132 g/mol. The molecule has 0 heterocycles. The van der Waals surface area contributed by atoms with E-state index < -0.39 is 0 Å². The van der Waals surface area contributed by atoms with Gasteiger partial charge in [0.1, 0.15) is 0 Å². The molecule has 0 spiro atoms. The fraction of sp³-hybridized carbons (Fsp3) is 0. The number of benzene rings is 1. The van der Waals surface area contributed by atoms with Gasteiger partial charge in [0.05, 0.1) is 5.56 Å². The van der Waals surface area contributed by atoms with Crippen molar-refractivity contribution in [2.24, 2.45) is 0 Å². The molecule has 0 atom stereocenters. The molecule has 3 nitrogen and oxygen atoms in total. The summed E-state index contributed by atoms with van der Waals surface area (Å²) in [6, 6.07) is 6.27. The van der Waals surface area contributed by atoms with E-state index in [1.165, 1.54) is 12.1 Å². The molecule has 1 N–H and O–H groups in total. The van der Waals surface area contributed by atoms with Gasteiger partial charge in [-0.3, -0.25) is 4.79 Å². The third-order valence-corrected chi connectivity index (χ3v) is 1.10. The van der Waals surface area contributed by atoms with Crippen LogP contribution in [0.2, 0.25) is 0 Å². The van der Waals surface area contributed by atoms with Crippen molar-refractivity contribution in [1.29, 1.82) is 0 Å². The molecule has 0 aliphatic carbocycles. The maximum Gasteiger partial charge on any atom is 0.237 e. The Bertz CT molecular complexity index is 232. The molecule has 0 aromatic heterocycles. The largest absolute Gasteiger partial charge is 0.339 e. The molecule has 0 amide bonds. The van der Waals surface area contributed by atoms with E-state index in [2.05, 4.69) is 4.89 Å². The predicted octanol–water partition coefficient (Wildman–Crippen LogP) is 0.996. The van der Waals surface area contributed by atoms with Gasteiger partial charge in [-0.25, -0.2) is 5.26 Å². The first-order valence-corrected chi connectivity index (χ1v) is 2.67. The average molecular weight is 137 g/mol. The van der Waals surface area contributed by atoms with Crippen molar-refractivity contribution >= 4 is 6.29 Å². The van der Waals surface area contributed by atoms with Crippen molar-refractivity contribution in [3.63, 3.8) is 0 Å². The Kier molecular flexibility index (Phi) is 2.02. The first-order valence-electron chi connectivity index (χ1n) is 2.67. The van der Waals surface area contributed by atoms with Crippen molar-refractivity contribution in [1.82, 2.24) is 0 Å². The second kappa shape index (κ2) is 2.98. The normalized spacial score (nSPS) is 8.90. The topological polar surface area (TPSA) is 46.5 Å². The minimum Gasteiger partial charge on any atom is -0.339 e. The predicted molar refractivity (Wildman–Crippen MR) is 34.5 cm³/mol. The first kappa shape index (κ1) is 6.77. The highest BCUT2D eigenvalue weighted by Crippen LogP contribution is 2.13. The average Bonchev–Trinajstić information content (AvgIpc) is 2.04. The first-order chi connectivity index (χ1) is 4.88. The minimum atomic E-state index is 0.123. The molecule has 0 aliphatic rings. The van der Waals surface area contributed by atoms with Crippen molar-refractivity contribution in [3.8, 4) is 5.75 Å². The van der Waals surface area contributed by atoms with Crippen LogP contribution in [0.3, 0.4) is 0 Å². The summed E-state index contributed by atoms with van der Waals surface area (Å²) in [5.41, 5.74) is 0.213. The summed E-state index contributed by atoms with van der Waals surface area (Å²) in [4.78, 5) is 13.9. The number of rotatable bonds is 2. The Labute approximate surface area is 57.8 Å². The minimum absolute atomic E-state index is 0.123. The van der Waals surface area contributed by atoms with Gasteiger partial charge in [-0.1, -0.05) is 12.1 Å². The van der Waals surface area contributed by atoms with E-state index in [4.69, 9.17) is 5.26 Å². The van der Waals surface area contributed by atoms with Crippen LogP contribution < -0.4 is 4.89 Å². The number of hydrogen-bond acceptors (Lipinski definition) is 3. The van der Waals surface area contributed by atoms with Crippen LogP contribution in [0, 0.1) is 0 Å². The van der Waals surface area contributed by atoms with Crippen LogP contribution in [0.4, 0.5) is 0 Å². The van der Waals surface area contributed by atoms with Crippen molar-refractivity contribution in [2.75, 3.05) is 0 Å². The van der Waals surface area contributed by atoms with Gasteiger partial charge in [-0.05, 0) is 12.1 Å². The molecule has 1 aromatic rings. The van der Waals surface area contributed by atoms with Crippen LogP contribution in [0.15, 0.2) is 24.3 Å². The molecule has 1 aromatic carbocycles. The highest BCUT2D eigenvalue weighted by molar-refractivity contribution is 5.79. The van der Waals surface area contributed by atoms with Gasteiger partial charge >= 0.3 is 0 Å². The van der Waals surface area contributed by atoms with E-state index in [9.17, 15) is 4.79 Å². The highest BCUT2D eigenvalue weighted by atomic mass is 17.1. The summed E-state index contributed by atoms with van der Waals surface area (Å²) in [6.07, 6.45) is 1.61. The number of carbonyl (C=O) groups excluding carboxylic acids is 1. The Hall–Kier alpha value is -1.35. The van der Waals surface area contributed by atoms with Crippen LogP contribution in [0.5, 0.6) is 5.75 Å². The molecule has 10 heavy (non-hydrogen) atoms. The summed E-state index contributed by atoms with van der Waals surface area (Å²) < 4.78 is 0. The standard InChI is InChI=1S/C7H5O3/c8-5-6-3-1-2-4-7(6)10-9/h1-4,9H. The van der Waals surface area contributed by atoms with E-state index in [0.717, 1.165) is 0 Å². The van der Waals surface area contributed by atoms with E-state index >= 15 is 0 Å². The van der Waals surface area contributed by atoms with Crippen molar-refractivity contribution < 1.29 is 14.9 Å². The number of hydrogen-bond donors (Lipinski definition) is 1. The lowest BCUT2D eigenvalue weighted by Gasteiger charge is -1.96. The SMILES string of the molecule is O=[C]c1ccccc1OO. The molecule has 0 aliphatic heterocycles. The molecule has 0 saturated carbocycles. The summed E-state index contributed by atoms with van der Waals surface area (Å²) in [7, 11) is 0. The molecule has 0 fully saturated rings. The zero-order valence-corrected chi connectivity index (χ0v) is 5.07. The summed E-state index contributed by atoms with van der Waals surface area (Å²) in [5.74, 6) is 0.123. The lowest BCUT2D eigenvalue weighted by atomic mass is 10.2. The third kappa shape index (κ3) is 1.14. The second-order valence-electron chi connectivity index (χ2n) is 1.69. The zero-order valence-electron chi connectivity index (χ0n) is 5.07. The van der Waals surface area contributed by atoms with E-state index in [0.29, 0.717) is 0 Å². The lowest BCUT2D eigenvalue weighted by Crippen LogP contribution is -1.89. The van der Waals surface area contributed by atoms with Gasteiger partial charge in [0.25, 0.3) is 0 Å². The van der Waals surface area contributed by atoms with Crippen molar-refractivity contribution in [2.45, 2.75) is 0 Å². The lowest BCUT2D eigenvalue weighted by molar-refractivity contribution is -0.137. The molecule has 51 valence electrons. The molecule has 1 radical (unpaired) electrons. The maximum atomic E-state index is 10.1. The van der Waals surface area contributed by atoms with E-state index in [1.54, 1.807) is 18.4 Å². The van der Waals surface area contributed by atoms with Crippen LogP contribution in [-0.2, 0) is 4.79 Å². The number of para-hydroxylation sites is 1. The summed E-state index contributed by atoms with van der Waals surface area (Å²) in [5, 5.41) is 8.17. The second-order valence-corrected chi connectivity index (χ2v) is 1.69. The van der Waals surface area contributed by atoms with Crippen LogP contribution in [0.1, 0.15) is 5.56 Å². The summed E-state index contributed by atoms with van der Waals surface area (Å²) in [6.45, 7) is 0. The van der Waals surface area contributed by atoms with Crippen LogP contribution >= 0.6 is 0 Å². The van der Waals surface area contributed by atoms with Crippen LogP contribution in [0.25, 0.3) is 0 Å². The van der Waals surface area contributed by atoms with Gasteiger partial charge < -0.3 is 4.89 Å². The molecular formula is C7H5O3. The fourth-order valence-corrected chi connectivity index (χ4v) is 0.631. The zero-order chi connectivity index (χ0) is 7.40. The molecule has 0 bridgehead atoms. The molecule has 1 rings (SSSR count). The van der Waals surface area contributed by atoms with Crippen molar-refractivity contribution in [3.05, 3.63) is 29.8 Å². The monoisotopic (exact) mass is 137 g/mol.